The average molecular weight is 335 g/mol. The van der Waals surface area contributed by atoms with Gasteiger partial charge in [-0.25, -0.2) is 4.79 Å². The SMILES string of the molecule is CN(C(=O)N1CCN(C/C=C/c2ccccc2)CC1)c1ccccc1. The first-order valence-corrected chi connectivity index (χ1v) is 8.75. The second kappa shape index (κ2) is 8.49. The summed E-state index contributed by atoms with van der Waals surface area (Å²) >= 11 is 0. The number of amides is 2. The van der Waals surface area contributed by atoms with Gasteiger partial charge in [0.2, 0.25) is 0 Å². The minimum Gasteiger partial charge on any atom is -0.322 e. The highest BCUT2D eigenvalue weighted by Gasteiger charge is 2.23. The summed E-state index contributed by atoms with van der Waals surface area (Å²) in [4.78, 5) is 18.7. The Morgan fingerprint density at radius 2 is 1.56 bits per heavy atom. The Morgan fingerprint density at radius 1 is 0.960 bits per heavy atom. The first-order valence-electron chi connectivity index (χ1n) is 8.75. The van der Waals surface area contributed by atoms with Crippen molar-refractivity contribution in [2.45, 2.75) is 0 Å². The molecular formula is C21H25N3O. The van der Waals surface area contributed by atoms with Crippen LogP contribution < -0.4 is 4.90 Å². The molecule has 0 aromatic heterocycles. The molecule has 130 valence electrons. The topological polar surface area (TPSA) is 26.8 Å². The molecular weight excluding hydrogens is 310 g/mol. The lowest BCUT2D eigenvalue weighted by atomic mass is 10.2. The Labute approximate surface area is 150 Å². The van der Waals surface area contributed by atoms with Crippen LogP contribution in [0.4, 0.5) is 10.5 Å². The molecule has 4 heteroatoms. The van der Waals surface area contributed by atoms with Gasteiger partial charge in [0.1, 0.15) is 0 Å². The van der Waals surface area contributed by atoms with Gasteiger partial charge in [0, 0.05) is 45.5 Å². The van der Waals surface area contributed by atoms with E-state index in [-0.39, 0.29) is 6.03 Å². The monoisotopic (exact) mass is 335 g/mol. The van der Waals surface area contributed by atoms with E-state index in [1.54, 1.807) is 4.90 Å². The zero-order valence-corrected chi connectivity index (χ0v) is 14.7. The van der Waals surface area contributed by atoms with E-state index in [2.05, 4.69) is 29.2 Å². The van der Waals surface area contributed by atoms with Crippen molar-refractivity contribution >= 4 is 17.8 Å². The maximum atomic E-state index is 12.6. The lowest BCUT2D eigenvalue weighted by Crippen LogP contribution is -2.52. The molecule has 2 aromatic carbocycles. The van der Waals surface area contributed by atoms with E-state index in [0.29, 0.717) is 0 Å². The quantitative estimate of drug-likeness (QED) is 0.854. The second-order valence-electron chi connectivity index (χ2n) is 6.28. The molecule has 2 aromatic rings. The summed E-state index contributed by atoms with van der Waals surface area (Å²) in [5, 5.41) is 0. The van der Waals surface area contributed by atoms with E-state index in [0.717, 1.165) is 38.4 Å². The third-order valence-electron chi connectivity index (χ3n) is 4.55. The van der Waals surface area contributed by atoms with Crippen LogP contribution in [-0.4, -0.2) is 55.6 Å². The Bertz CT molecular complexity index is 692. The number of anilines is 1. The summed E-state index contributed by atoms with van der Waals surface area (Å²) in [5.74, 6) is 0. The Hall–Kier alpha value is -2.59. The maximum Gasteiger partial charge on any atom is 0.324 e. The predicted octanol–water partition coefficient (Wildman–Crippen LogP) is 3.57. The Balaban J connectivity index is 1.47. The molecule has 1 aliphatic rings. The van der Waals surface area contributed by atoms with Gasteiger partial charge in [0.05, 0.1) is 0 Å². The van der Waals surface area contributed by atoms with Crippen LogP contribution in [0.15, 0.2) is 66.7 Å². The molecule has 0 N–H and O–H groups in total. The van der Waals surface area contributed by atoms with E-state index >= 15 is 0 Å². The van der Waals surface area contributed by atoms with Crippen molar-refractivity contribution in [2.75, 3.05) is 44.7 Å². The van der Waals surface area contributed by atoms with E-state index in [1.165, 1.54) is 5.56 Å². The van der Waals surface area contributed by atoms with Gasteiger partial charge in [-0.1, -0.05) is 60.7 Å². The number of hydrogen-bond donors (Lipinski definition) is 0. The number of piperazine rings is 1. The lowest BCUT2D eigenvalue weighted by molar-refractivity contribution is 0.152. The molecule has 1 heterocycles. The number of hydrogen-bond acceptors (Lipinski definition) is 2. The van der Waals surface area contributed by atoms with Gasteiger partial charge in [-0.3, -0.25) is 9.80 Å². The first-order chi connectivity index (χ1) is 12.2. The molecule has 1 fully saturated rings. The summed E-state index contributed by atoms with van der Waals surface area (Å²) in [6, 6.07) is 20.2. The van der Waals surface area contributed by atoms with Crippen LogP contribution in [0, 0.1) is 0 Å². The highest BCUT2D eigenvalue weighted by molar-refractivity contribution is 5.91. The van der Waals surface area contributed by atoms with Crippen molar-refractivity contribution in [3.8, 4) is 0 Å². The van der Waals surface area contributed by atoms with E-state index in [1.807, 2.05) is 60.5 Å². The van der Waals surface area contributed by atoms with Crippen LogP contribution >= 0.6 is 0 Å². The zero-order valence-electron chi connectivity index (χ0n) is 14.7. The summed E-state index contributed by atoms with van der Waals surface area (Å²) in [6.45, 7) is 4.29. The maximum absolute atomic E-state index is 12.6. The van der Waals surface area contributed by atoms with Crippen LogP contribution in [0.1, 0.15) is 5.56 Å². The van der Waals surface area contributed by atoms with Crippen molar-refractivity contribution in [2.24, 2.45) is 0 Å². The minimum absolute atomic E-state index is 0.0747. The highest BCUT2D eigenvalue weighted by Crippen LogP contribution is 2.14. The largest absolute Gasteiger partial charge is 0.324 e. The summed E-state index contributed by atoms with van der Waals surface area (Å²) in [6.07, 6.45) is 4.35. The van der Waals surface area contributed by atoms with Gasteiger partial charge in [-0.2, -0.15) is 0 Å². The fraction of sp³-hybridized carbons (Fsp3) is 0.286. The van der Waals surface area contributed by atoms with Crippen molar-refractivity contribution in [1.29, 1.82) is 0 Å². The number of carbonyl (C=O) groups is 1. The number of urea groups is 1. The highest BCUT2D eigenvalue weighted by atomic mass is 16.2. The third-order valence-corrected chi connectivity index (χ3v) is 4.55. The molecule has 3 rings (SSSR count). The molecule has 0 spiro atoms. The molecule has 0 bridgehead atoms. The second-order valence-corrected chi connectivity index (χ2v) is 6.28. The number of nitrogens with zero attached hydrogens (tertiary/aromatic N) is 3. The van der Waals surface area contributed by atoms with Crippen LogP contribution in [0.25, 0.3) is 6.08 Å². The van der Waals surface area contributed by atoms with Crippen molar-refractivity contribution in [3.05, 3.63) is 72.3 Å². The fourth-order valence-electron chi connectivity index (χ4n) is 3.00. The van der Waals surface area contributed by atoms with E-state index in [4.69, 9.17) is 0 Å². The molecule has 4 nitrogen and oxygen atoms in total. The van der Waals surface area contributed by atoms with Gasteiger partial charge in [-0.05, 0) is 17.7 Å². The molecule has 0 saturated carbocycles. The van der Waals surface area contributed by atoms with E-state index < -0.39 is 0 Å². The number of carbonyl (C=O) groups excluding carboxylic acids is 1. The molecule has 0 radical (unpaired) electrons. The molecule has 25 heavy (non-hydrogen) atoms. The smallest absolute Gasteiger partial charge is 0.322 e. The van der Waals surface area contributed by atoms with E-state index in [9.17, 15) is 4.79 Å². The van der Waals surface area contributed by atoms with Crippen molar-refractivity contribution in [3.63, 3.8) is 0 Å². The predicted molar refractivity (Wildman–Crippen MR) is 104 cm³/mol. The minimum atomic E-state index is 0.0747. The molecule has 0 unspecified atom stereocenters. The number of para-hydroxylation sites is 1. The standard InChI is InChI=1S/C21H25N3O/c1-22(20-12-6-3-7-13-20)21(25)24-17-15-23(16-18-24)14-8-11-19-9-4-2-5-10-19/h2-13H,14-18H2,1H3/b11-8+. The molecule has 2 amide bonds. The van der Waals surface area contributed by atoms with Crippen LogP contribution in [0.3, 0.4) is 0 Å². The summed E-state index contributed by atoms with van der Waals surface area (Å²) in [5.41, 5.74) is 2.15. The Morgan fingerprint density at radius 3 is 2.20 bits per heavy atom. The molecule has 1 saturated heterocycles. The normalized spacial score (nSPS) is 15.5. The fourth-order valence-corrected chi connectivity index (χ4v) is 3.00. The number of benzene rings is 2. The zero-order chi connectivity index (χ0) is 17.5. The van der Waals surface area contributed by atoms with Crippen LogP contribution in [0.5, 0.6) is 0 Å². The van der Waals surface area contributed by atoms with Gasteiger partial charge >= 0.3 is 6.03 Å². The van der Waals surface area contributed by atoms with Gasteiger partial charge < -0.3 is 4.90 Å². The molecule has 0 aliphatic carbocycles. The van der Waals surface area contributed by atoms with Crippen LogP contribution in [0.2, 0.25) is 0 Å². The first kappa shape index (κ1) is 17.2. The summed E-state index contributed by atoms with van der Waals surface area (Å²) < 4.78 is 0. The third kappa shape index (κ3) is 4.70. The van der Waals surface area contributed by atoms with Gasteiger partial charge in [0.15, 0.2) is 0 Å². The van der Waals surface area contributed by atoms with Gasteiger partial charge in [0.25, 0.3) is 0 Å². The molecule has 0 atom stereocenters. The summed E-state index contributed by atoms with van der Waals surface area (Å²) in [7, 11) is 1.84. The lowest BCUT2D eigenvalue weighted by Gasteiger charge is -2.36. The molecule has 1 aliphatic heterocycles. The average Bonchev–Trinajstić information content (AvgIpc) is 2.69. The Kier molecular flexibility index (Phi) is 5.86. The van der Waals surface area contributed by atoms with Crippen LogP contribution in [-0.2, 0) is 0 Å². The van der Waals surface area contributed by atoms with Crippen molar-refractivity contribution < 1.29 is 4.79 Å². The van der Waals surface area contributed by atoms with Crippen molar-refractivity contribution in [1.82, 2.24) is 9.80 Å². The van der Waals surface area contributed by atoms with Gasteiger partial charge in [-0.15, -0.1) is 0 Å². The number of rotatable bonds is 4.